The molecule has 1 aromatic carbocycles. The van der Waals surface area contributed by atoms with Crippen LogP contribution in [0.3, 0.4) is 0 Å². The molecule has 19 heavy (non-hydrogen) atoms. The minimum atomic E-state index is 0.384. The molecule has 1 saturated carbocycles. The van der Waals surface area contributed by atoms with Gasteiger partial charge in [-0.25, -0.2) is 0 Å². The van der Waals surface area contributed by atoms with Crippen LogP contribution in [0.5, 0.6) is 5.75 Å². The smallest absolute Gasteiger partial charge is 0.122 e. The van der Waals surface area contributed by atoms with Gasteiger partial charge in [0.1, 0.15) is 5.75 Å². The van der Waals surface area contributed by atoms with Gasteiger partial charge in [-0.15, -0.1) is 0 Å². The Morgan fingerprint density at radius 2 is 1.89 bits per heavy atom. The van der Waals surface area contributed by atoms with Crippen LogP contribution in [0.4, 0.5) is 0 Å². The van der Waals surface area contributed by atoms with Crippen molar-refractivity contribution in [3.05, 3.63) is 28.8 Å². The largest absolute Gasteiger partial charge is 0.496 e. The fraction of sp³-hybridized carbons (Fsp3) is 0.625. The van der Waals surface area contributed by atoms with Crippen molar-refractivity contribution >= 4 is 0 Å². The lowest BCUT2D eigenvalue weighted by Crippen LogP contribution is -2.34. The molecule has 0 heterocycles. The van der Waals surface area contributed by atoms with E-state index in [0.29, 0.717) is 11.5 Å². The van der Waals surface area contributed by atoms with Crippen molar-refractivity contribution in [1.82, 2.24) is 10.6 Å². The fourth-order valence-corrected chi connectivity index (χ4v) is 3.21. The molecule has 0 amide bonds. The van der Waals surface area contributed by atoms with Crippen LogP contribution in [0.1, 0.15) is 35.6 Å². The zero-order chi connectivity index (χ0) is 14.0. The lowest BCUT2D eigenvalue weighted by molar-refractivity contribution is 0.345. The Balaban J connectivity index is 2.36. The number of ether oxygens (including phenoxy) is 1. The third kappa shape index (κ3) is 2.63. The molecular formula is C16H26N2O. The molecule has 3 nitrogen and oxygen atoms in total. The number of methoxy groups -OCH3 is 1. The molecule has 0 saturated heterocycles. The summed E-state index contributed by atoms with van der Waals surface area (Å²) in [6, 6.07) is 4.86. The fourth-order valence-electron chi connectivity index (χ4n) is 3.21. The van der Waals surface area contributed by atoms with E-state index in [1.54, 1.807) is 7.11 Å². The van der Waals surface area contributed by atoms with Crippen molar-refractivity contribution in [3.8, 4) is 5.75 Å². The Bertz CT molecular complexity index is 452. The maximum atomic E-state index is 5.41. The van der Waals surface area contributed by atoms with Gasteiger partial charge in [-0.2, -0.15) is 0 Å². The summed E-state index contributed by atoms with van der Waals surface area (Å²) >= 11 is 0. The number of hydrogen-bond acceptors (Lipinski definition) is 3. The van der Waals surface area contributed by atoms with E-state index in [4.69, 9.17) is 4.74 Å². The van der Waals surface area contributed by atoms with Crippen molar-refractivity contribution in [2.24, 2.45) is 5.41 Å². The van der Waals surface area contributed by atoms with Gasteiger partial charge in [0.15, 0.2) is 0 Å². The molecule has 1 aromatic rings. The van der Waals surface area contributed by atoms with E-state index in [1.807, 2.05) is 7.05 Å². The van der Waals surface area contributed by atoms with Crippen LogP contribution in [0, 0.1) is 19.3 Å². The number of nitrogens with one attached hydrogen (secondary N) is 2. The maximum absolute atomic E-state index is 5.41. The first-order chi connectivity index (χ1) is 9.07. The topological polar surface area (TPSA) is 33.3 Å². The van der Waals surface area contributed by atoms with Crippen molar-refractivity contribution in [1.29, 1.82) is 0 Å². The van der Waals surface area contributed by atoms with Crippen molar-refractivity contribution in [2.45, 2.75) is 32.7 Å². The van der Waals surface area contributed by atoms with E-state index in [-0.39, 0.29) is 0 Å². The minimum Gasteiger partial charge on any atom is -0.496 e. The number of hydrogen-bond donors (Lipinski definition) is 2. The predicted molar refractivity (Wildman–Crippen MR) is 79.9 cm³/mol. The number of aryl methyl sites for hydroxylation is 2. The van der Waals surface area contributed by atoms with Crippen LogP contribution in [-0.2, 0) is 0 Å². The van der Waals surface area contributed by atoms with Gasteiger partial charge in [0, 0.05) is 18.0 Å². The third-order valence-corrected chi connectivity index (χ3v) is 4.42. The Morgan fingerprint density at radius 3 is 2.37 bits per heavy atom. The molecule has 0 spiro atoms. The SMILES string of the molecule is CNCC1(C(NC)c2cc(C)c(OC)cc2C)CC1. The lowest BCUT2D eigenvalue weighted by Gasteiger charge is -2.29. The van der Waals surface area contributed by atoms with E-state index in [2.05, 4.69) is 43.7 Å². The van der Waals surface area contributed by atoms with E-state index < -0.39 is 0 Å². The highest BCUT2D eigenvalue weighted by Gasteiger charge is 2.49. The summed E-state index contributed by atoms with van der Waals surface area (Å²) in [7, 11) is 5.85. The summed E-state index contributed by atoms with van der Waals surface area (Å²) < 4.78 is 5.41. The van der Waals surface area contributed by atoms with Crippen LogP contribution in [0.15, 0.2) is 12.1 Å². The second-order valence-electron chi connectivity index (χ2n) is 5.79. The Hall–Kier alpha value is -1.06. The second kappa shape index (κ2) is 5.51. The number of rotatable bonds is 6. The van der Waals surface area contributed by atoms with Gasteiger partial charge >= 0.3 is 0 Å². The summed E-state index contributed by atoms with van der Waals surface area (Å²) in [5.41, 5.74) is 4.32. The first kappa shape index (κ1) is 14.4. The van der Waals surface area contributed by atoms with Crippen LogP contribution >= 0.6 is 0 Å². The summed E-state index contributed by atoms with van der Waals surface area (Å²) in [4.78, 5) is 0. The average Bonchev–Trinajstić information content (AvgIpc) is 3.15. The number of benzene rings is 1. The predicted octanol–water partition coefficient (Wildman–Crippen LogP) is 2.57. The molecule has 1 fully saturated rings. The molecule has 0 radical (unpaired) electrons. The van der Waals surface area contributed by atoms with Gasteiger partial charge in [0.2, 0.25) is 0 Å². The van der Waals surface area contributed by atoms with E-state index in [9.17, 15) is 0 Å². The highest BCUT2D eigenvalue weighted by atomic mass is 16.5. The van der Waals surface area contributed by atoms with E-state index in [0.717, 1.165) is 12.3 Å². The maximum Gasteiger partial charge on any atom is 0.122 e. The molecule has 106 valence electrons. The monoisotopic (exact) mass is 262 g/mol. The van der Waals surface area contributed by atoms with Crippen LogP contribution in [0.2, 0.25) is 0 Å². The summed E-state index contributed by atoms with van der Waals surface area (Å²) in [6.07, 6.45) is 2.59. The molecule has 2 rings (SSSR count). The van der Waals surface area contributed by atoms with Gasteiger partial charge in [0.25, 0.3) is 0 Å². The van der Waals surface area contributed by atoms with Crippen LogP contribution in [0.25, 0.3) is 0 Å². The summed E-state index contributed by atoms with van der Waals surface area (Å²) in [6.45, 7) is 5.37. The van der Waals surface area contributed by atoms with Gasteiger partial charge in [-0.3, -0.25) is 0 Å². The van der Waals surface area contributed by atoms with Gasteiger partial charge in [0.05, 0.1) is 7.11 Å². The molecule has 0 aromatic heterocycles. The van der Waals surface area contributed by atoms with Crippen molar-refractivity contribution in [2.75, 3.05) is 27.7 Å². The summed E-state index contributed by atoms with van der Waals surface area (Å²) in [5.74, 6) is 0.981. The standard InChI is InChI=1S/C16H26N2O/c1-11-9-14(19-5)12(2)8-13(11)15(18-4)16(6-7-16)10-17-3/h8-9,15,17-18H,6-7,10H2,1-5H3. The van der Waals surface area contributed by atoms with Crippen molar-refractivity contribution < 1.29 is 4.74 Å². The van der Waals surface area contributed by atoms with Crippen molar-refractivity contribution in [3.63, 3.8) is 0 Å². The Labute approximate surface area is 116 Å². The zero-order valence-electron chi connectivity index (χ0n) is 12.8. The molecular weight excluding hydrogens is 236 g/mol. The molecule has 3 heteroatoms. The molecule has 1 aliphatic rings. The molecule has 0 bridgehead atoms. The zero-order valence-corrected chi connectivity index (χ0v) is 12.8. The average molecular weight is 262 g/mol. The molecule has 1 atom stereocenters. The van der Waals surface area contributed by atoms with Crippen LogP contribution < -0.4 is 15.4 Å². The van der Waals surface area contributed by atoms with Gasteiger partial charge in [-0.1, -0.05) is 6.07 Å². The normalized spacial score (nSPS) is 18.2. The third-order valence-electron chi connectivity index (χ3n) is 4.42. The summed E-state index contributed by atoms with van der Waals surface area (Å²) in [5, 5.41) is 6.88. The van der Waals surface area contributed by atoms with E-state index in [1.165, 1.54) is 29.5 Å². The lowest BCUT2D eigenvalue weighted by atomic mass is 9.86. The minimum absolute atomic E-state index is 0.384. The highest BCUT2D eigenvalue weighted by Crippen LogP contribution is 2.55. The molecule has 0 aliphatic heterocycles. The van der Waals surface area contributed by atoms with Gasteiger partial charge in [-0.05, 0) is 63.5 Å². The van der Waals surface area contributed by atoms with Crippen LogP contribution in [-0.4, -0.2) is 27.7 Å². The van der Waals surface area contributed by atoms with E-state index >= 15 is 0 Å². The Kier molecular flexibility index (Phi) is 4.16. The first-order valence-electron chi connectivity index (χ1n) is 7.05. The Morgan fingerprint density at radius 1 is 1.21 bits per heavy atom. The molecule has 1 aliphatic carbocycles. The molecule has 2 N–H and O–H groups in total. The second-order valence-corrected chi connectivity index (χ2v) is 5.79. The van der Waals surface area contributed by atoms with Gasteiger partial charge < -0.3 is 15.4 Å². The molecule has 1 unspecified atom stereocenters. The highest BCUT2D eigenvalue weighted by molar-refractivity contribution is 5.44. The quantitative estimate of drug-likeness (QED) is 0.826. The first-order valence-corrected chi connectivity index (χ1v) is 7.05.